The predicted molar refractivity (Wildman–Crippen MR) is 53.9 cm³/mol. The third-order valence-corrected chi connectivity index (χ3v) is 2.76. The molecule has 0 aromatic rings. The van der Waals surface area contributed by atoms with Gasteiger partial charge >= 0.3 is 11.9 Å². The molecule has 0 amide bonds. The average molecular weight is 238 g/mol. The zero-order chi connectivity index (χ0) is 12.6. The molecule has 2 aliphatic rings. The summed E-state index contributed by atoms with van der Waals surface area (Å²) in [5.74, 6) is -1.48. The van der Waals surface area contributed by atoms with Crippen molar-refractivity contribution in [2.24, 2.45) is 0 Å². The molecule has 0 radical (unpaired) electrons. The monoisotopic (exact) mass is 238 g/mol. The number of methoxy groups -OCH3 is 2. The molecule has 2 rings (SSSR count). The Balaban J connectivity index is 2.57. The smallest absolute Gasteiger partial charge is 0.338 e. The van der Waals surface area contributed by atoms with Crippen molar-refractivity contribution in [3.63, 3.8) is 0 Å². The van der Waals surface area contributed by atoms with Crippen LogP contribution in [0, 0.1) is 0 Å². The summed E-state index contributed by atoms with van der Waals surface area (Å²) in [6, 6.07) is 0. The number of esters is 2. The van der Waals surface area contributed by atoms with Gasteiger partial charge in [-0.2, -0.15) is 0 Å². The van der Waals surface area contributed by atoms with E-state index in [-0.39, 0.29) is 11.1 Å². The molecule has 6 heteroatoms. The Morgan fingerprint density at radius 1 is 1.35 bits per heavy atom. The molecule has 6 nitrogen and oxygen atoms in total. The number of ether oxygens (including phenoxy) is 3. The van der Waals surface area contributed by atoms with Crippen LogP contribution in [-0.2, 0) is 28.6 Å². The number of fused-ring (bicyclic) bond motifs is 2. The number of carbonyl (C=O) groups excluding carboxylic acids is 3. The largest absolute Gasteiger partial charge is 0.466 e. The fourth-order valence-electron chi connectivity index (χ4n) is 1.99. The van der Waals surface area contributed by atoms with Crippen LogP contribution in [0.3, 0.4) is 0 Å². The van der Waals surface area contributed by atoms with E-state index in [1.807, 2.05) is 0 Å². The highest BCUT2D eigenvalue weighted by atomic mass is 16.6. The van der Waals surface area contributed by atoms with Gasteiger partial charge in [0, 0.05) is 0 Å². The van der Waals surface area contributed by atoms with Crippen LogP contribution in [0.2, 0.25) is 0 Å². The van der Waals surface area contributed by atoms with Gasteiger partial charge in [-0.05, 0) is 6.08 Å². The Labute approximate surface area is 96.8 Å². The van der Waals surface area contributed by atoms with Crippen molar-refractivity contribution in [2.45, 2.75) is 11.7 Å². The minimum atomic E-state index is -1.51. The van der Waals surface area contributed by atoms with E-state index < -0.39 is 23.6 Å². The van der Waals surface area contributed by atoms with Crippen molar-refractivity contribution in [1.29, 1.82) is 0 Å². The van der Waals surface area contributed by atoms with E-state index in [1.165, 1.54) is 26.4 Å². The van der Waals surface area contributed by atoms with Crippen LogP contribution in [0.25, 0.3) is 0 Å². The van der Waals surface area contributed by atoms with Gasteiger partial charge in [0.15, 0.2) is 11.9 Å². The lowest BCUT2D eigenvalue weighted by Gasteiger charge is -2.17. The number of aldehydes is 1. The summed E-state index contributed by atoms with van der Waals surface area (Å²) in [4.78, 5) is 34.3. The van der Waals surface area contributed by atoms with Crippen LogP contribution in [-0.4, -0.2) is 44.1 Å². The molecule has 0 fully saturated rings. The van der Waals surface area contributed by atoms with Gasteiger partial charge < -0.3 is 14.2 Å². The summed E-state index contributed by atoms with van der Waals surface area (Å²) in [6.45, 7) is 0. The molecule has 2 heterocycles. The minimum Gasteiger partial charge on any atom is -0.466 e. The summed E-state index contributed by atoms with van der Waals surface area (Å²) in [5, 5.41) is 0. The molecule has 2 bridgehead atoms. The SMILES string of the molecule is COC(=O)C1=C(C(=O)OC)C2(C=O)C=CC1O2. The van der Waals surface area contributed by atoms with Gasteiger partial charge in [0.2, 0.25) is 0 Å². The highest BCUT2D eigenvalue weighted by Crippen LogP contribution is 2.42. The van der Waals surface area contributed by atoms with Crippen LogP contribution in [0.15, 0.2) is 23.3 Å². The number of hydrogen-bond acceptors (Lipinski definition) is 6. The van der Waals surface area contributed by atoms with Crippen LogP contribution in [0.4, 0.5) is 0 Å². The van der Waals surface area contributed by atoms with Crippen molar-refractivity contribution in [2.75, 3.05) is 14.2 Å². The predicted octanol–water partition coefficient (Wildman–Crippen LogP) is -0.465. The summed E-state index contributed by atoms with van der Waals surface area (Å²) in [6.07, 6.45) is 2.70. The molecule has 2 atom stereocenters. The van der Waals surface area contributed by atoms with Gasteiger partial charge in [0.05, 0.1) is 25.4 Å². The highest BCUT2D eigenvalue weighted by Gasteiger charge is 2.54. The van der Waals surface area contributed by atoms with E-state index in [2.05, 4.69) is 9.47 Å². The first-order valence-electron chi connectivity index (χ1n) is 4.84. The van der Waals surface area contributed by atoms with E-state index in [9.17, 15) is 14.4 Å². The maximum absolute atomic E-state index is 11.6. The van der Waals surface area contributed by atoms with Crippen LogP contribution >= 0.6 is 0 Å². The molecule has 0 aromatic heterocycles. The van der Waals surface area contributed by atoms with Gasteiger partial charge in [-0.15, -0.1) is 0 Å². The van der Waals surface area contributed by atoms with Gasteiger partial charge in [-0.25, -0.2) is 9.59 Å². The molecule has 17 heavy (non-hydrogen) atoms. The van der Waals surface area contributed by atoms with E-state index in [0.29, 0.717) is 6.29 Å². The van der Waals surface area contributed by atoms with Crippen molar-refractivity contribution in [3.8, 4) is 0 Å². The van der Waals surface area contributed by atoms with E-state index in [4.69, 9.17) is 4.74 Å². The highest BCUT2D eigenvalue weighted by molar-refractivity contribution is 6.08. The fourth-order valence-corrected chi connectivity index (χ4v) is 1.99. The van der Waals surface area contributed by atoms with Crippen molar-refractivity contribution >= 4 is 18.2 Å². The summed E-state index contributed by atoms with van der Waals surface area (Å²) >= 11 is 0. The summed E-state index contributed by atoms with van der Waals surface area (Å²) in [7, 11) is 2.35. The zero-order valence-electron chi connectivity index (χ0n) is 9.26. The van der Waals surface area contributed by atoms with E-state index in [1.54, 1.807) is 0 Å². The normalized spacial score (nSPS) is 29.4. The Bertz CT molecular complexity index is 461. The van der Waals surface area contributed by atoms with E-state index >= 15 is 0 Å². The van der Waals surface area contributed by atoms with Gasteiger partial charge in [-0.1, -0.05) is 6.08 Å². The zero-order valence-corrected chi connectivity index (χ0v) is 9.26. The standard InChI is InChI=1S/C11H10O6/c1-15-9(13)7-6-3-4-11(5-12,17-6)8(7)10(14)16-2/h3-6H,1-2H3. The molecule has 2 unspecified atom stereocenters. The number of hydrogen-bond donors (Lipinski definition) is 0. The second-order valence-corrected chi connectivity index (χ2v) is 3.58. The van der Waals surface area contributed by atoms with Crippen molar-refractivity contribution in [1.82, 2.24) is 0 Å². The summed E-state index contributed by atoms with van der Waals surface area (Å²) < 4.78 is 14.5. The number of rotatable bonds is 3. The number of carbonyl (C=O) groups is 3. The molecule has 90 valence electrons. The first-order chi connectivity index (χ1) is 8.09. The first-order valence-corrected chi connectivity index (χ1v) is 4.84. The molecule has 0 saturated heterocycles. The van der Waals surface area contributed by atoms with Crippen molar-refractivity contribution < 1.29 is 28.6 Å². The topological polar surface area (TPSA) is 78.9 Å². The molecular weight excluding hydrogens is 228 g/mol. The second-order valence-electron chi connectivity index (χ2n) is 3.58. The Kier molecular flexibility index (Phi) is 2.59. The van der Waals surface area contributed by atoms with Gasteiger partial charge in [-0.3, -0.25) is 4.79 Å². The average Bonchev–Trinajstić information content (AvgIpc) is 2.92. The fraction of sp³-hybridized carbons (Fsp3) is 0.364. The van der Waals surface area contributed by atoms with Crippen LogP contribution in [0.5, 0.6) is 0 Å². The Hall–Kier alpha value is -1.95. The quantitative estimate of drug-likeness (QED) is 0.376. The van der Waals surface area contributed by atoms with Gasteiger partial charge in [0.25, 0.3) is 0 Å². The van der Waals surface area contributed by atoms with Crippen molar-refractivity contribution in [3.05, 3.63) is 23.3 Å². The van der Waals surface area contributed by atoms with Crippen LogP contribution < -0.4 is 0 Å². The molecule has 0 N–H and O–H groups in total. The van der Waals surface area contributed by atoms with E-state index in [0.717, 1.165) is 0 Å². The third-order valence-electron chi connectivity index (χ3n) is 2.76. The molecule has 0 aliphatic carbocycles. The summed E-state index contributed by atoms with van der Waals surface area (Å²) in [5.41, 5.74) is -1.59. The maximum Gasteiger partial charge on any atom is 0.338 e. The van der Waals surface area contributed by atoms with Crippen LogP contribution in [0.1, 0.15) is 0 Å². The third kappa shape index (κ3) is 1.41. The minimum absolute atomic E-state index is 0.0222. The lowest BCUT2D eigenvalue weighted by atomic mass is 9.88. The Morgan fingerprint density at radius 3 is 2.53 bits per heavy atom. The first kappa shape index (κ1) is 11.5. The Morgan fingerprint density at radius 2 is 2.00 bits per heavy atom. The second kappa shape index (κ2) is 3.81. The molecule has 0 spiro atoms. The molecular formula is C11H10O6. The van der Waals surface area contributed by atoms with Gasteiger partial charge in [0.1, 0.15) is 6.10 Å². The lowest BCUT2D eigenvalue weighted by molar-refractivity contribution is -0.140. The lowest BCUT2D eigenvalue weighted by Crippen LogP contribution is -2.34. The molecule has 0 saturated carbocycles. The maximum atomic E-state index is 11.6. The molecule has 0 aromatic carbocycles. The molecule has 2 aliphatic heterocycles.